The minimum absolute atomic E-state index is 0.0565. The average Bonchev–Trinajstić information content (AvgIpc) is 2.51. The van der Waals surface area contributed by atoms with Crippen molar-refractivity contribution >= 4 is 15.6 Å². The predicted octanol–water partition coefficient (Wildman–Crippen LogP) is 4.60. The summed E-state index contributed by atoms with van der Waals surface area (Å²) in [6, 6.07) is 15.3. The van der Waals surface area contributed by atoms with E-state index in [1.807, 2.05) is 42.5 Å². The molecule has 2 aromatic rings. The molecule has 0 spiro atoms. The van der Waals surface area contributed by atoms with Crippen LogP contribution < -0.4 is 0 Å². The van der Waals surface area contributed by atoms with Crippen LogP contribution in [0.5, 0.6) is 0 Å². The summed E-state index contributed by atoms with van der Waals surface area (Å²) in [6.45, 7) is 3.57. The van der Waals surface area contributed by atoms with Gasteiger partial charge in [0.2, 0.25) is 0 Å². The normalized spacial score (nSPS) is 15.0. The van der Waals surface area contributed by atoms with Gasteiger partial charge in [-0.2, -0.15) is 0 Å². The summed E-state index contributed by atoms with van der Waals surface area (Å²) >= 11 is 0. The van der Waals surface area contributed by atoms with Crippen molar-refractivity contribution in [1.29, 1.82) is 0 Å². The maximum Gasteiger partial charge on any atom is 0.154 e. The Kier molecular flexibility index (Phi) is 4.76. The Morgan fingerprint density at radius 3 is 2.38 bits per heavy atom. The van der Waals surface area contributed by atoms with Gasteiger partial charge < -0.3 is 5.11 Å². The van der Waals surface area contributed by atoms with Gasteiger partial charge in [-0.25, -0.2) is 8.42 Å². The summed E-state index contributed by atoms with van der Waals surface area (Å²) in [6.07, 6.45) is 3.13. The third-order valence-corrected chi connectivity index (χ3v) is 6.34. The van der Waals surface area contributed by atoms with E-state index in [0.29, 0.717) is 17.0 Å². The maximum absolute atomic E-state index is 12.5. The first-order chi connectivity index (χ1) is 11.4. The number of hydrogen-bond donors (Lipinski definition) is 1. The fourth-order valence-corrected chi connectivity index (χ4v) is 5.00. The molecule has 1 saturated carbocycles. The maximum atomic E-state index is 12.5. The molecule has 1 fully saturated rings. The average molecular weight is 342 g/mol. The van der Waals surface area contributed by atoms with Gasteiger partial charge in [0.15, 0.2) is 9.84 Å². The second-order valence-electron chi connectivity index (χ2n) is 6.54. The van der Waals surface area contributed by atoms with Crippen molar-refractivity contribution in [2.45, 2.75) is 25.0 Å². The molecule has 24 heavy (non-hydrogen) atoms. The highest BCUT2D eigenvalue weighted by Crippen LogP contribution is 2.30. The quantitative estimate of drug-likeness (QED) is 0.781. The Hall–Kier alpha value is -2.07. The lowest BCUT2D eigenvalue weighted by atomic mass is 9.87. The molecule has 0 heterocycles. The molecule has 0 aliphatic heterocycles. The van der Waals surface area contributed by atoms with E-state index in [1.165, 1.54) is 0 Å². The lowest BCUT2D eigenvalue weighted by molar-refractivity contribution is 0.347. The van der Waals surface area contributed by atoms with Crippen LogP contribution >= 0.6 is 0 Å². The second-order valence-corrected chi connectivity index (χ2v) is 8.65. The Labute approximate surface area is 143 Å². The second kappa shape index (κ2) is 6.81. The Morgan fingerprint density at radius 1 is 1.08 bits per heavy atom. The SMILES string of the molecule is C=C(O)c1ccc(-c2ccccc2)cc1CS(=O)(=O)CC1CCC1. The van der Waals surface area contributed by atoms with Gasteiger partial charge in [-0.15, -0.1) is 0 Å². The van der Waals surface area contributed by atoms with Crippen LogP contribution in [0.3, 0.4) is 0 Å². The Morgan fingerprint density at radius 2 is 1.79 bits per heavy atom. The Balaban J connectivity index is 1.93. The summed E-state index contributed by atoms with van der Waals surface area (Å²) in [5.74, 6) is 0.385. The summed E-state index contributed by atoms with van der Waals surface area (Å²) in [7, 11) is -3.20. The van der Waals surface area contributed by atoms with E-state index in [-0.39, 0.29) is 17.3 Å². The smallest absolute Gasteiger partial charge is 0.154 e. The molecule has 0 amide bonds. The van der Waals surface area contributed by atoms with Crippen LogP contribution in [0.25, 0.3) is 16.9 Å². The molecule has 0 saturated heterocycles. The van der Waals surface area contributed by atoms with Gasteiger partial charge in [0.1, 0.15) is 5.76 Å². The predicted molar refractivity (Wildman–Crippen MR) is 98.4 cm³/mol. The molecule has 3 nitrogen and oxygen atoms in total. The van der Waals surface area contributed by atoms with Gasteiger partial charge in [-0.3, -0.25) is 0 Å². The van der Waals surface area contributed by atoms with E-state index < -0.39 is 9.84 Å². The molecule has 3 rings (SSSR count). The van der Waals surface area contributed by atoms with Crippen molar-refractivity contribution in [2.75, 3.05) is 5.75 Å². The van der Waals surface area contributed by atoms with E-state index in [4.69, 9.17) is 0 Å². The van der Waals surface area contributed by atoms with Gasteiger partial charge in [0.05, 0.1) is 11.5 Å². The molecule has 0 atom stereocenters. The molecule has 1 N–H and O–H groups in total. The third kappa shape index (κ3) is 3.88. The topological polar surface area (TPSA) is 54.4 Å². The van der Waals surface area contributed by atoms with Gasteiger partial charge >= 0.3 is 0 Å². The monoisotopic (exact) mass is 342 g/mol. The standard InChI is InChI=1S/C20H22O3S/c1-15(21)20-11-10-18(17-8-3-2-4-9-17)12-19(20)14-24(22,23)13-16-6-5-7-16/h2-4,8-12,16,21H,1,5-7,13-14H2. The fraction of sp³-hybridized carbons (Fsp3) is 0.300. The zero-order chi connectivity index (χ0) is 17.2. The van der Waals surface area contributed by atoms with Crippen LogP contribution in [-0.4, -0.2) is 19.3 Å². The van der Waals surface area contributed by atoms with Gasteiger partial charge in [0.25, 0.3) is 0 Å². The third-order valence-electron chi connectivity index (χ3n) is 4.61. The first-order valence-electron chi connectivity index (χ1n) is 8.21. The van der Waals surface area contributed by atoms with Gasteiger partial charge in [-0.1, -0.05) is 55.5 Å². The number of aliphatic hydroxyl groups excluding tert-OH is 1. The van der Waals surface area contributed by atoms with Crippen LogP contribution in [-0.2, 0) is 15.6 Å². The van der Waals surface area contributed by atoms with E-state index in [1.54, 1.807) is 6.07 Å². The van der Waals surface area contributed by atoms with E-state index >= 15 is 0 Å². The molecule has 0 aromatic heterocycles. The molecule has 0 unspecified atom stereocenters. The minimum Gasteiger partial charge on any atom is -0.508 e. The zero-order valence-electron chi connectivity index (χ0n) is 13.6. The molecule has 1 aliphatic carbocycles. The lowest BCUT2D eigenvalue weighted by Crippen LogP contribution is -2.23. The zero-order valence-corrected chi connectivity index (χ0v) is 14.4. The number of aliphatic hydroxyl groups is 1. The van der Waals surface area contributed by atoms with Gasteiger partial charge in [0, 0.05) is 5.56 Å². The molecular formula is C20H22O3S. The summed E-state index contributed by atoms with van der Waals surface area (Å²) < 4.78 is 25.0. The molecule has 126 valence electrons. The molecule has 2 aromatic carbocycles. The van der Waals surface area contributed by atoms with Crippen LogP contribution in [0.4, 0.5) is 0 Å². The number of rotatable bonds is 6. The highest BCUT2D eigenvalue weighted by molar-refractivity contribution is 7.90. The summed E-state index contributed by atoms with van der Waals surface area (Å²) in [5.41, 5.74) is 3.08. The molecule has 0 radical (unpaired) electrons. The minimum atomic E-state index is -3.20. The van der Waals surface area contributed by atoms with Crippen LogP contribution in [0, 0.1) is 5.92 Å². The fourth-order valence-electron chi connectivity index (χ4n) is 3.12. The van der Waals surface area contributed by atoms with Crippen molar-refractivity contribution in [3.63, 3.8) is 0 Å². The lowest BCUT2D eigenvalue weighted by Gasteiger charge is -2.25. The van der Waals surface area contributed by atoms with Crippen molar-refractivity contribution < 1.29 is 13.5 Å². The number of hydrogen-bond acceptors (Lipinski definition) is 3. The van der Waals surface area contributed by atoms with E-state index in [9.17, 15) is 13.5 Å². The number of benzene rings is 2. The highest BCUT2D eigenvalue weighted by Gasteiger charge is 2.25. The van der Waals surface area contributed by atoms with Crippen molar-refractivity contribution in [1.82, 2.24) is 0 Å². The molecule has 0 bridgehead atoms. The first kappa shape index (κ1) is 16.8. The molecule has 4 heteroatoms. The molecular weight excluding hydrogens is 320 g/mol. The van der Waals surface area contributed by atoms with Gasteiger partial charge in [-0.05, 0) is 41.5 Å². The van der Waals surface area contributed by atoms with Crippen molar-refractivity contribution in [3.8, 4) is 11.1 Å². The van der Waals surface area contributed by atoms with Crippen molar-refractivity contribution in [3.05, 3.63) is 66.2 Å². The largest absolute Gasteiger partial charge is 0.508 e. The van der Waals surface area contributed by atoms with E-state index in [2.05, 4.69) is 6.58 Å². The molecule has 1 aliphatic rings. The Bertz CT molecular complexity index is 834. The van der Waals surface area contributed by atoms with Crippen molar-refractivity contribution in [2.24, 2.45) is 5.92 Å². The summed E-state index contributed by atoms with van der Waals surface area (Å²) in [5, 5.41) is 9.81. The highest BCUT2D eigenvalue weighted by atomic mass is 32.2. The van der Waals surface area contributed by atoms with Crippen LogP contribution in [0.2, 0.25) is 0 Å². The summed E-state index contributed by atoms with van der Waals surface area (Å²) in [4.78, 5) is 0. The van der Waals surface area contributed by atoms with Crippen LogP contribution in [0.1, 0.15) is 30.4 Å². The number of sulfone groups is 1. The van der Waals surface area contributed by atoms with Crippen LogP contribution in [0.15, 0.2) is 55.1 Å². The van der Waals surface area contributed by atoms with E-state index in [0.717, 1.165) is 30.4 Å². The first-order valence-corrected chi connectivity index (χ1v) is 10.0.